The first kappa shape index (κ1) is 18.2. The molecule has 2 N–H and O–H groups in total. The number of nitrogens with zero attached hydrogens (tertiary/aromatic N) is 1. The van der Waals surface area contributed by atoms with Crippen molar-refractivity contribution >= 4 is 6.09 Å². The van der Waals surface area contributed by atoms with Crippen LogP contribution >= 0.6 is 0 Å². The van der Waals surface area contributed by atoms with Gasteiger partial charge in [-0.05, 0) is 39.5 Å². The van der Waals surface area contributed by atoms with Crippen LogP contribution in [0.3, 0.4) is 0 Å². The van der Waals surface area contributed by atoms with Gasteiger partial charge in [0, 0.05) is 25.7 Å². The highest BCUT2D eigenvalue weighted by Crippen LogP contribution is 2.22. The molecule has 0 radical (unpaired) electrons. The van der Waals surface area contributed by atoms with Crippen LogP contribution in [0.15, 0.2) is 0 Å². The van der Waals surface area contributed by atoms with E-state index in [1.165, 1.54) is 19.3 Å². The fourth-order valence-electron chi connectivity index (χ4n) is 2.91. The normalized spacial score (nSPS) is 23.9. The molecular formula is C16H32N2O3. The highest BCUT2D eigenvalue weighted by molar-refractivity contribution is 5.68. The number of carbonyl (C=O) groups excluding carboxylic acids is 1. The first-order valence-corrected chi connectivity index (χ1v) is 8.16. The van der Waals surface area contributed by atoms with Gasteiger partial charge in [0.2, 0.25) is 0 Å². The molecule has 5 heteroatoms. The minimum Gasteiger partial charge on any atom is -0.444 e. The van der Waals surface area contributed by atoms with Crippen LogP contribution in [0.4, 0.5) is 4.79 Å². The summed E-state index contributed by atoms with van der Waals surface area (Å²) in [5, 5.41) is 12.1. The number of β-amino-alcohol motifs (C(OH)–C–C–N with tert-alkyl or cyclic N) is 1. The number of rotatable bonds is 6. The van der Waals surface area contributed by atoms with E-state index < -0.39 is 5.60 Å². The van der Waals surface area contributed by atoms with Crippen LogP contribution < -0.4 is 5.32 Å². The molecule has 1 aliphatic rings. The van der Waals surface area contributed by atoms with Crippen molar-refractivity contribution in [2.75, 3.05) is 26.2 Å². The van der Waals surface area contributed by atoms with Crippen molar-refractivity contribution in [1.29, 1.82) is 0 Å². The van der Waals surface area contributed by atoms with E-state index in [0.717, 1.165) is 19.5 Å². The van der Waals surface area contributed by atoms with Gasteiger partial charge in [0.1, 0.15) is 5.60 Å². The molecule has 1 aliphatic heterocycles. The molecule has 0 aromatic heterocycles. The zero-order valence-electron chi connectivity index (χ0n) is 14.0. The van der Waals surface area contributed by atoms with E-state index in [1.54, 1.807) is 0 Å². The number of amides is 1. The van der Waals surface area contributed by atoms with Crippen molar-refractivity contribution in [1.82, 2.24) is 10.2 Å². The van der Waals surface area contributed by atoms with E-state index >= 15 is 0 Å². The summed E-state index contributed by atoms with van der Waals surface area (Å²) in [6, 6.07) is 0.113. The zero-order chi connectivity index (χ0) is 15.9. The third-order valence-corrected chi connectivity index (χ3v) is 3.72. The topological polar surface area (TPSA) is 61.8 Å². The minimum atomic E-state index is -0.467. The van der Waals surface area contributed by atoms with Crippen molar-refractivity contribution < 1.29 is 14.6 Å². The van der Waals surface area contributed by atoms with E-state index in [-0.39, 0.29) is 18.7 Å². The fraction of sp³-hybridized carbons (Fsp3) is 0.938. The monoisotopic (exact) mass is 300 g/mol. The average Bonchev–Trinajstić information content (AvgIpc) is 2.34. The summed E-state index contributed by atoms with van der Waals surface area (Å²) in [6.45, 7) is 10.5. The van der Waals surface area contributed by atoms with Gasteiger partial charge in [-0.25, -0.2) is 4.79 Å². The average molecular weight is 300 g/mol. The summed E-state index contributed by atoms with van der Waals surface area (Å²) < 4.78 is 5.33. The van der Waals surface area contributed by atoms with E-state index in [2.05, 4.69) is 17.1 Å². The van der Waals surface area contributed by atoms with Crippen LogP contribution in [0.1, 0.15) is 53.4 Å². The Balaban J connectivity index is 2.52. The van der Waals surface area contributed by atoms with Gasteiger partial charge in [0.05, 0.1) is 6.61 Å². The first-order valence-electron chi connectivity index (χ1n) is 8.16. The van der Waals surface area contributed by atoms with Gasteiger partial charge in [-0.2, -0.15) is 0 Å². The van der Waals surface area contributed by atoms with Crippen molar-refractivity contribution in [3.63, 3.8) is 0 Å². The summed E-state index contributed by atoms with van der Waals surface area (Å²) in [7, 11) is 0. The maximum atomic E-state index is 11.9. The Bertz CT molecular complexity index is 315. The van der Waals surface area contributed by atoms with Crippen molar-refractivity contribution in [3.8, 4) is 0 Å². The number of hydrogen-bond donors (Lipinski definition) is 2. The van der Waals surface area contributed by atoms with Crippen molar-refractivity contribution in [2.45, 2.75) is 65.0 Å². The van der Waals surface area contributed by atoms with Crippen LogP contribution in [0.5, 0.6) is 0 Å². The second-order valence-corrected chi connectivity index (χ2v) is 7.07. The molecule has 0 aromatic carbocycles. The Morgan fingerprint density at radius 1 is 1.38 bits per heavy atom. The molecule has 5 nitrogen and oxygen atoms in total. The van der Waals surface area contributed by atoms with E-state index in [1.807, 2.05) is 20.8 Å². The molecular weight excluding hydrogens is 268 g/mol. The van der Waals surface area contributed by atoms with Gasteiger partial charge in [0.25, 0.3) is 0 Å². The number of carbonyl (C=O) groups is 1. The third kappa shape index (κ3) is 7.67. The Morgan fingerprint density at radius 3 is 2.67 bits per heavy atom. The smallest absolute Gasteiger partial charge is 0.407 e. The standard InChI is InChI=1S/C16H32N2O3/c1-5-6-7-13-10-14(12-18(11-13)8-9-19)17-15(20)21-16(2,3)4/h13-14,19H,5-12H2,1-4H3,(H,17,20). The molecule has 2 atom stereocenters. The third-order valence-electron chi connectivity index (χ3n) is 3.72. The number of hydrogen-bond acceptors (Lipinski definition) is 4. The lowest BCUT2D eigenvalue weighted by Crippen LogP contribution is -2.52. The summed E-state index contributed by atoms with van der Waals surface area (Å²) in [5.41, 5.74) is -0.467. The number of nitrogens with one attached hydrogen (secondary N) is 1. The molecule has 0 spiro atoms. The molecule has 124 valence electrons. The predicted molar refractivity (Wildman–Crippen MR) is 84.3 cm³/mol. The van der Waals surface area contributed by atoms with Crippen LogP contribution in [-0.4, -0.2) is 54.0 Å². The summed E-state index contributed by atoms with van der Waals surface area (Å²) in [4.78, 5) is 14.2. The molecule has 21 heavy (non-hydrogen) atoms. The molecule has 0 bridgehead atoms. The second kappa shape index (κ2) is 8.59. The Labute approximate surface area is 129 Å². The predicted octanol–water partition coefficient (Wildman–Crippen LogP) is 2.38. The van der Waals surface area contributed by atoms with Crippen LogP contribution in [0.25, 0.3) is 0 Å². The number of piperidine rings is 1. The Kier molecular flexibility index (Phi) is 7.46. The highest BCUT2D eigenvalue weighted by Gasteiger charge is 2.28. The van der Waals surface area contributed by atoms with Gasteiger partial charge in [0.15, 0.2) is 0 Å². The quantitative estimate of drug-likeness (QED) is 0.790. The summed E-state index contributed by atoms with van der Waals surface area (Å²) in [6.07, 6.45) is 4.26. The molecule has 0 saturated carbocycles. The van der Waals surface area contributed by atoms with E-state index in [9.17, 15) is 4.79 Å². The summed E-state index contributed by atoms with van der Waals surface area (Å²) >= 11 is 0. The SMILES string of the molecule is CCCCC1CC(NC(=O)OC(C)(C)C)CN(CCO)C1. The highest BCUT2D eigenvalue weighted by atomic mass is 16.6. The number of ether oxygens (including phenoxy) is 1. The molecule has 1 heterocycles. The molecule has 0 aromatic rings. The maximum Gasteiger partial charge on any atom is 0.407 e. The first-order chi connectivity index (χ1) is 9.84. The van der Waals surface area contributed by atoms with Gasteiger partial charge >= 0.3 is 6.09 Å². The minimum absolute atomic E-state index is 0.113. The lowest BCUT2D eigenvalue weighted by atomic mass is 9.90. The van der Waals surface area contributed by atoms with Crippen molar-refractivity contribution in [3.05, 3.63) is 0 Å². The zero-order valence-corrected chi connectivity index (χ0v) is 14.0. The molecule has 1 rings (SSSR count). The second-order valence-electron chi connectivity index (χ2n) is 7.07. The van der Waals surface area contributed by atoms with E-state index in [0.29, 0.717) is 12.5 Å². The Hall–Kier alpha value is -0.810. The number of aliphatic hydroxyl groups excluding tert-OH is 1. The molecule has 1 amide bonds. The Morgan fingerprint density at radius 2 is 2.10 bits per heavy atom. The largest absolute Gasteiger partial charge is 0.444 e. The maximum absolute atomic E-state index is 11.9. The van der Waals surface area contributed by atoms with E-state index in [4.69, 9.17) is 9.84 Å². The lowest BCUT2D eigenvalue weighted by Gasteiger charge is -2.38. The number of likely N-dealkylation sites (tertiary alicyclic amines) is 1. The number of unbranched alkanes of at least 4 members (excludes halogenated alkanes) is 1. The summed E-state index contributed by atoms with van der Waals surface area (Å²) in [5.74, 6) is 0.588. The van der Waals surface area contributed by atoms with Gasteiger partial charge in [-0.3, -0.25) is 4.90 Å². The molecule has 1 fully saturated rings. The lowest BCUT2D eigenvalue weighted by molar-refractivity contribution is 0.0435. The fourth-order valence-corrected chi connectivity index (χ4v) is 2.91. The molecule has 0 aliphatic carbocycles. The van der Waals surface area contributed by atoms with Gasteiger partial charge in [-0.1, -0.05) is 19.8 Å². The van der Waals surface area contributed by atoms with Crippen LogP contribution in [-0.2, 0) is 4.74 Å². The molecule has 1 saturated heterocycles. The number of aliphatic hydroxyl groups is 1. The van der Waals surface area contributed by atoms with Gasteiger partial charge < -0.3 is 15.2 Å². The van der Waals surface area contributed by atoms with Gasteiger partial charge in [-0.15, -0.1) is 0 Å². The van der Waals surface area contributed by atoms with Crippen LogP contribution in [0, 0.1) is 5.92 Å². The molecule has 2 unspecified atom stereocenters. The van der Waals surface area contributed by atoms with Crippen LogP contribution in [0.2, 0.25) is 0 Å². The number of alkyl carbamates (subject to hydrolysis) is 1. The van der Waals surface area contributed by atoms with Crippen molar-refractivity contribution in [2.24, 2.45) is 5.92 Å².